The molecule has 8 heteroatoms. The van der Waals surface area contributed by atoms with Crippen LogP contribution in [0.5, 0.6) is 5.75 Å². The van der Waals surface area contributed by atoms with E-state index in [1.807, 2.05) is 6.92 Å². The van der Waals surface area contributed by atoms with Gasteiger partial charge in [-0.3, -0.25) is 0 Å². The molecule has 0 aliphatic carbocycles. The quantitative estimate of drug-likeness (QED) is 0.602. The molecule has 3 aromatic rings. The van der Waals surface area contributed by atoms with Crippen LogP contribution in [0.15, 0.2) is 28.8 Å². The van der Waals surface area contributed by atoms with Gasteiger partial charge in [0, 0.05) is 12.1 Å². The number of benzene rings is 2. The van der Waals surface area contributed by atoms with Gasteiger partial charge >= 0.3 is 0 Å². The summed E-state index contributed by atoms with van der Waals surface area (Å²) in [6.07, 6.45) is 1.02. The van der Waals surface area contributed by atoms with Crippen molar-refractivity contribution < 1.29 is 26.8 Å². The van der Waals surface area contributed by atoms with Crippen LogP contribution in [-0.2, 0) is 6.42 Å². The Morgan fingerprint density at radius 3 is 2.35 bits per heavy atom. The van der Waals surface area contributed by atoms with Gasteiger partial charge < -0.3 is 9.26 Å². The second kappa shape index (κ2) is 7.15. The highest BCUT2D eigenvalue weighted by Crippen LogP contribution is 2.31. The molecule has 136 valence electrons. The highest BCUT2D eigenvalue weighted by molar-refractivity contribution is 5.62. The molecule has 0 amide bonds. The van der Waals surface area contributed by atoms with E-state index in [0.717, 1.165) is 12.1 Å². The van der Waals surface area contributed by atoms with Crippen molar-refractivity contribution in [2.24, 2.45) is 0 Å². The fourth-order valence-electron chi connectivity index (χ4n) is 2.53. The van der Waals surface area contributed by atoms with Gasteiger partial charge in [0.15, 0.2) is 11.6 Å². The third-order valence-electron chi connectivity index (χ3n) is 3.81. The van der Waals surface area contributed by atoms with E-state index >= 15 is 0 Å². The molecule has 0 aliphatic heterocycles. The van der Waals surface area contributed by atoms with Gasteiger partial charge in [-0.25, -0.2) is 17.6 Å². The maximum absolute atomic E-state index is 14.3. The predicted octanol–water partition coefficient (Wildman–Crippen LogP) is 4.92. The molecule has 3 rings (SSSR count). The van der Waals surface area contributed by atoms with Crippen LogP contribution in [0.4, 0.5) is 17.6 Å². The van der Waals surface area contributed by atoms with Crippen molar-refractivity contribution in [2.75, 3.05) is 7.11 Å². The van der Waals surface area contributed by atoms with Gasteiger partial charge in [0.25, 0.3) is 5.89 Å². The SMILES string of the molecule is CCCc1ccc(-c2nc(-c3c(F)cc(OC)cc3F)no2)c(F)c1F. The van der Waals surface area contributed by atoms with Gasteiger partial charge in [-0.1, -0.05) is 24.6 Å². The van der Waals surface area contributed by atoms with E-state index in [9.17, 15) is 17.6 Å². The summed E-state index contributed by atoms with van der Waals surface area (Å²) in [7, 11) is 1.26. The average molecular weight is 366 g/mol. The van der Waals surface area contributed by atoms with E-state index in [1.54, 1.807) is 0 Å². The van der Waals surface area contributed by atoms with Crippen molar-refractivity contribution in [3.63, 3.8) is 0 Å². The summed E-state index contributed by atoms with van der Waals surface area (Å²) in [5, 5.41) is 3.47. The molecule has 2 aromatic carbocycles. The van der Waals surface area contributed by atoms with Crippen LogP contribution in [-0.4, -0.2) is 17.3 Å². The van der Waals surface area contributed by atoms with Crippen LogP contribution in [0.1, 0.15) is 18.9 Å². The van der Waals surface area contributed by atoms with Gasteiger partial charge in [-0.2, -0.15) is 4.98 Å². The first kappa shape index (κ1) is 17.9. The summed E-state index contributed by atoms with van der Waals surface area (Å²) >= 11 is 0. The Morgan fingerprint density at radius 2 is 1.73 bits per heavy atom. The molecule has 1 heterocycles. The van der Waals surface area contributed by atoms with Crippen molar-refractivity contribution in [3.8, 4) is 28.6 Å². The number of aryl methyl sites for hydroxylation is 1. The van der Waals surface area contributed by atoms with E-state index in [-0.39, 0.29) is 22.8 Å². The van der Waals surface area contributed by atoms with Crippen molar-refractivity contribution in [1.82, 2.24) is 10.1 Å². The molecule has 0 aliphatic rings. The van der Waals surface area contributed by atoms with Gasteiger partial charge in [-0.05, 0) is 18.1 Å². The lowest BCUT2D eigenvalue weighted by atomic mass is 10.1. The monoisotopic (exact) mass is 366 g/mol. The third kappa shape index (κ3) is 3.14. The van der Waals surface area contributed by atoms with Crippen molar-refractivity contribution in [1.29, 1.82) is 0 Å². The van der Waals surface area contributed by atoms with Gasteiger partial charge in [-0.15, -0.1) is 0 Å². The normalized spacial score (nSPS) is 11.0. The molecule has 0 unspecified atom stereocenters. The zero-order chi connectivity index (χ0) is 18.8. The topological polar surface area (TPSA) is 48.2 Å². The van der Waals surface area contributed by atoms with Crippen molar-refractivity contribution >= 4 is 0 Å². The zero-order valence-corrected chi connectivity index (χ0v) is 13.9. The Kier molecular flexibility index (Phi) is 4.92. The van der Waals surface area contributed by atoms with E-state index in [1.165, 1.54) is 19.2 Å². The molecule has 0 saturated carbocycles. The van der Waals surface area contributed by atoms with E-state index in [2.05, 4.69) is 10.1 Å². The maximum Gasteiger partial charge on any atom is 0.261 e. The molecule has 26 heavy (non-hydrogen) atoms. The second-order valence-corrected chi connectivity index (χ2v) is 5.54. The smallest absolute Gasteiger partial charge is 0.261 e. The van der Waals surface area contributed by atoms with Gasteiger partial charge in [0.05, 0.1) is 18.2 Å². The van der Waals surface area contributed by atoms with Crippen LogP contribution in [0.2, 0.25) is 0 Å². The minimum atomic E-state index is -1.15. The summed E-state index contributed by atoms with van der Waals surface area (Å²) < 4.78 is 66.2. The molecular formula is C18H14F4N2O2. The number of methoxy groups -OCH3 is 1. The number of rotatable bonds is 5. The predicted molar refractivity (Wildman–Crippen MR) is 85.5 cm³/mol. The lowest BCUT2D eigenvalue weighted by molar-refractivity contribution is 0.406. The van der Waals surface area contributed by atoms with Crippen LogP contribution in [0, 0.1) is 23.3 Å². The molecule has 0 spiro atoms. The number of hydrogen-bond donors (Lipinski definition) is 0. The Bertz CT molecular complexity index is 933. The van der Waals surface area contributed by atoms with Gasteiger partial charge in [0.2, 0.25) is 5.82 Å². The summed E-state index contributed by atoms with van der Waals surface area (Å²) in [5.41, 5.74) is -0.611. The molecule has 0 bridgehead atoms. The molecule has 0 radical (unpaired) electrons. The van der Waals surface area contributed by atoms with E-state index in [0.29, 0.717) is 12.8 Å². The first-order chi connectivity index (χ1) is 12.5. The first-order valence-corrected chi connectivity index (χ1v) is 7.80. The highest BCUT2D eigenvalue weighted by atomic mass is 19.2. The molecule has 4 nitrogen and oxygen atoms in total. The fraction of sp³-hybridized carbons (Fsp3) is 0.222. The lowest BCUT2D eigenvalue weighted by Crippen LogP contribution is -1.97. The Labute approximate surface area is 146 Å². The minimum absolute atomic E-state index is 0.0212. The highest BCUT2D eigenvalue weighted by Gasteiger charge is 2.23. The number of hydrogen-bond acceptors (Lipinski definition) is 4. The third-order valence-corrected chi connectivity index (χ3v) is 3.81. The second-order valence-electron chi connectivity index (χ2n) is 5.54. The summed E-state index contributed by atoms with van der Waals surface area (Å²) in [5.74, 6) is -4.93. The Morgan fingerprint density at radius 1 is 1.04 bits per heavy atom. The number of ether oxygens (including phenoxy) is 1. The maximum atomic E-state index is 14.3. The number of aromatic nitrogens is 2. The summed E-state index contributed by atoms with van der Waals surface area (Å²) in [6, 6.07) is 4.61. The Hall–Kier alpha value is -2.90. The van der Waals surface area contributed by atoms with Crippen LogP contribution in [0.25, 0.3) is 22.8 Å². The summed E-state index contributed by atoms with van der Waals surface area (Å²) in [6.45, 7) is 1.84. The zero-order valence-electron chi connectivity index (χ0n) is 13.9. The first-order valence-electron chi connectivity index (χ1n) is 7.80. The van der Waals surface area contributed by atoms with Crippen LogP contribution in [0.3, 0.4) is 0 Å². The standard InChI is InChI=1S/C18H14F4N2O2/c1-3-4-9-5-6-11(16(22)15(9)21)18-23-17(24-26-18)14-12(19)7-10(25-2)8-13(14)20/h5-8H,3-4H2,1-2H3. The fourth-order valence-corrected chi connectivity index (χ4v) is 2.53. The van der Waals surface area contributed by atoms with Crippen LogP contribution < -0.4 is 4.74 Å². The molecule has 1 aromatic heterocycles. The van der Waals surface area contributed by atoms with Gasteiger partial charge in [0.1, 0.15) is 17.4 Å². The largest absolute Gasteiger partial charge is 0.497 e. The molecule has 0 saturated heterocycles. The molecule has 0 atom stereocenters. The summed E-state index contributed by atoms with van der Waals surface area (Å²) in [4.78, 5) is 3.80. The average Bonchev–Trinajstić information content (AvgIpc) is 3.08. The van der Waals surface area contributed by atoms with Crippen molar-refractivity contribution in [2.45, 2.75) is 19.8 Å². The molecule has 0 N–H and O–H groups in total. The molecular weight excluding hydrogens is 352 g/mol. The number of nitrogens with zero attached hydrogens (tertiary/aromatic N) is 2. The lowest BCUT2D eigenvalue weighted by Gasteiger charge is -2.05. The number of halogens is 4. The van der Waals surface area contributed by atoms with Crippen LogP contribution >= 0.6 is 0 Å². The Balaban J connectivity index is 2.03. The van der Waals surface area contributed by atoms with E-state index < -0.39 is 34.7 Å². The van der Waals surface area contributed by atoms with Crippen molar-refractivity contribution in [3.05, 3.63) is 53.1 Å². The molecule has 0 fully saturated rings. The minimum Gasteiger partial charge on any atom is -0.497 e. The van der Waals surface area contributed by atoms with E-state index in [4.69, 9.17) is 9.26 Å².